The van der Waals surface area contributed by atoms with Gasteiger partial charge in [-0.3, -0.25) is 24.5 Å². The van der Waals surface area contributed by atoms with Crippen molar-refractivity contribution in [1.29, 1.82) is 0 Å². The minimum Gasteiger partial charge on any atom is -0.481 e. The SMILES string of the molecule is O=C(O)CCC(=O)Nc1cccc(-n2[nH]c3c(cnc4ccccc43)c2=O)c1. The zero-order valence-corrected chi connectivity index (χ0v) is 14.7. The number of aromatic nitrogens is 3. The molecule has 28 heavy (non-hydrogen) atoms. The molecule has 8 nitrogen and oxygen atoms in total. The molecular formula is C20H16N4O4. The van der Waals surface area contributed by atoms with Gasteiger partial charge in [-0.2, -0.15) is 0 Å². The Bertz CT molecular complexity index is 1270. The van der Waals surface area contributed by atoms with Crippen LogP contribution in [0.25, 0.3) is 27.5 Å². The van der Waals surface area contributed by atoms with Crippen molar-refractivity contribution in [3.63, 3.8) is 0 Å². The molecule has 0 aliphatic heterocycles. The number of anilines is 1. The van der Waals surface area contributed by atoms with Gasteiger partial charge in [0.1, 0.15) is 0 Å². The summed E-state index contributed by atoms with van der Waals surface area (Å²) in [5, 5.41) is 15.7. The Balaban J connectivity index is 1.71. The number of nitrogens with one attached hydrogen (secondary N) is 2. The molecule has 0 saturated carbocycles. The maximum atomic E-state index is 12.8. The van der Waals surface area contributed by atoms with Gasteiger partial charge in [-0.1, -0.05) is 24.3 Å². The number of carboxylic acid groups (broad SMARTS) is 1. The first-order valence-corrected chi connectivity index (χ1v) is 8.63. The fourth-order valence-corrected chi connectivity index (χ4v) is 3.06. The summed E-state index contributed by atoms with van der Waals surface area (Å²) in [5.41, 5.74) is 2.24. The molecule has 2 aromatic heterocycles. The van der Waals surface area contributed by atoms with Gasteiger partial charge in [-0.05, 0) is 24.3 Å². The number of benzene rings is 2. The van der Waals surface area contributed by atoms with Crippen LogP contribution in [0.5, 0.6) is 0 Å². The van der Waals surface area contributed by atoms with Gasteiger partial charge in [-0.15, -0.1) is 0 Å². The highest BCUT2D eigenvalue weighted by Crippen LogP contribution is 2.21. The minimum atomic E-state index is -1.03. The molecular weight excluding hydrogens is 360 g/mol. The van der Waals surface area contributed by atoms with Crippen LogP contribution >= 0.6 is 0 Å². The van der Waals surface area contributed by atoms with Crippen LogP contribution in [0.1, 0.15) is 12.8 Å². The lowest BCUT2D eigenvalue weighted by molar-refractivity contribution is -0.138. The number of rotatable bonds is 5. The van der Waals surface area contributed by atoms with E-state index in [2.05, 4.69) is 15.4 Å². The quantitative estimate of drug-likeness (QED) is 0.495. The number of carboxylic acids is 1. The summed E-state index contributed by atoms with van der Waals surface area (Å²) in [6.07, 6.45) is 1.18. The lowest BCUT2D eigenvalue weighted by Crippen LogP contribution is -2.16. The van der Waals surface area contributed by atoms with Crippen LogP contribution in [0.4, 0.5) is 5.69 Å². The molecule has 3 N–H and O–H groups in total. The lowest BCUT2D eigenvalue weighted by atomic mass is 10.2. The molecule has 2 heterocycles. The molecule has 0 atom stereocenters. The van der Waals surface area contributed by atoms with E-state index in [0.717, 1.165) is 10.9 Å². The number of amides is 1. The van der Waals surface area contributed by atoms with Crippen LogP contribution in [0, 0.1) is 0 Å². The van der Waals surface area contributed by atoms with Crippen molar-refractivity contribution in [3.8, 4) is 5.69 Å². The van der Waals surface area contributed by atoms with Crippen LogP contribution in [0.2, 0.25) is 0 Å². The number of aromatic amines is 1. The van der Waals surface area contributed by atoms with Gasteiger partial charge >= 0.3 is 5.97 Å². The molecule has 0 aliphatic rings. The fourth-order valence-electron chi connectivity index (χ4n) is 3.06. The number of aliphatic carboxylic acids is 1. The van der Waals surface area contributed by atoms with E-state index in [4.69, 9.17) is 5.11 Å². The van der Waals surface area contributed by atoms with E-state index in [1.54, 1.807) is 30.5 Å². The monoisotopic (exact) mass is 376 g/mol. The first-order chi connectivity index (χ1) is 13.5. The Labute approximate surface area is 158 Å². The molecule has 0 spiro atoms. The highest BCUT2D eigenvalue weighted by Gasteiger charge is 2.12. The molecule has 0 fully saturated rings. The van der Waals surface area contributed by atoms with Crippen molar-refractivity contribution in [3.05, 3.63) is 65.1 Å². The average molecular weight is 376 g/mol. The normalized spacial score (nSPS) is 11.0. The van der Waals surface area contributed by atoms with Crippen LogP contribution in [0.3, 0.4) is 0 Å². The van der Waals surface area contributed by atoms with Crippen molar-refractivity contribution in [2.45, 2.75) is 12.8 Å². The van der Waals surface area contributed by atoms with Crippen molar-refractivity contribution < 1.29 is 14.7 Å². The highest BCUT2D eigenvalue weighted by molar-refractivity contribution is 6.02. The summed E-state index contributed by atoms with van der Waals surface area (Å²) in [5.74, 6) is -1.44. The molecule has 8 heteroatoms. The van der Waals surface area contributed by atoms with E-state index >= 15 is 0 Å². The molecule has 1 amide bonds. The third kappa shape index (κ3) is 3.23. The van der Waals surface area contributed by atoms with E-state index in [1.165, 1.54) is 4.68 Å². The number of nitrogens with zero attached hydrogens (tertiary/aromatic N) is 2. The standard InChI is InChI=1S/C20H16N4O4/c25-17(8-9-18(26)27)22-12-4-3-5-13(10-12)24-20(28)15-11-21-16-7-2-1-6-14(16)19(15)23-24/h1-7,10-11,23H,8-9H2,(H,22,25)(H,26,27). The molecule has 0 unspecified atom stereocenters. The second kappa shape index (κ2) is 6.99. The van der Waals surface area contributed by atoms with E-state index in [1.807, 2.05) is 24.3 Å². The van der Waals surface area contributed by atoms with Crippen molar-refractivity contribution in [2.24, 2.45) is 0 Å². The predicted molar refractivity (Wildman–Crippen MR) is 105 cm³/mol. The molecule has 0 radical (unpaired) electrons. The third-order valence-corrected chi connectivity index (χ3v) is 4.39. The number of hydrogen-bond acceptors (Lipinski definition) is 4. The summed E-state index contributed by atoms with van der Waals surface area (Å²) >= 11 is 0. The van der Waals surface area contributed by atoms with Crippen molar-refractivity contribution >= 4 is 39.4 Å². The van der Waals surface area contributed by atoms with Crippen LogP contribution in [-0.2, 0) is 9.59 Å². The highest BCUT2D eigenvalue weighted by atomic mass is 16.4. The van der Waals surface area contributed by atoms with Gasteiger partial charge in [0.15, 0.2) is 0 Å². The maximum Gasteiger partial charge on any atom is 0.303 e. The summed E-state index contributed by atoms with van der Waals surface area (Å²) in [4.78, 5) is 39.6. The zero-order chi connectivity index (χ0) is 19.7. The molecule has 0 saturated heterocycles. The second-order valence-corrected chi connectivity index (χ2v) is 6.31. The Kier molecular flexibility index (Phi) is 4.36. The number of carbonyl (C=O) groups excluding carboxylic acids is 1. The number of hydrogen-bond donors (Lipinski definition) is 3. The van der Waals surface area contributed by atoms with Gasteiger partial charge in [-0.25, -0.2) is 4.68 Å². The number of H-pyrrole nitrogens is 1. The Morgan fingerprint density at radius 1 is 1.07 bits per heavy atom. The number of para-hydroxylation sites is 1. The summed E-state index contributed by atoms with van der Waals surface area (Å²) < 4.78 is 1.39. The summed E-state index contributed by atoms with van der Waals surface area (Å²) in [6.45, 7) is 0. The lowest BCUT2D eigenvalue weighted by Gasteiger charge is -2.07. The second-order valence-electron chi connectivity index (χ2n) is 6.31. The first-order valence-electron chi connectivity index (χ1n) is 8.63. The smallest absolute Gasteiger partial charge is 0.303 e. The van der Waals surface area contributed by atoms with Gasteiger partial charge < -0.3 is 10.4 Å². The van der Waals surface area contributed by atoms with Gasteiger partial charge in [0, 0.05) is 23.7 Å². The van der Waals surface area contributed by atoms with Crippen LogP contribution < -0.4 is 10.9 Å². The van der Waals surface area contributed by atoms with Gasteiger partial charge in [0.2, 0.25) is 5.91 Å². The number of carbonyl (C=O) groups is 2. The topological polar surface area (TPSA) is 117 Å². The van der Waals surface area contributed by atoms with Gasteiger partial charge in [0.05, 0.1) is 28.5 Å². The fraction of sp³-hybridized carbons (Fsp3) is 0.100. The molecule has 140 valence electrons. The van der Waals surface area contributed by atoms with Crippen LogP contribution in [0.15, 0.2) is 59.5 Å². The first kappa shape index (κ1) is 17.5. The third-order valence-electron chi connectivity index (χ3n) is 4.39. The van der Waals surface area contributed by atoms with E-state index in [-0.39, 0.29) is 18.4 Å². The van der Waals surface area contributed by atoms with Crippen molar-refractivity contribution in [2.75, 3.05) is 5.32 Å². The Morgan fingerprint density at radius 2 is 1.89 bits per heavy atom. The van der Waals surface area contributed by atoms with E-state index < -0.39 is 11.9 Å². The molecule has 2 aromatic carbocycles. The number of pyridine rings is 1. The molecule has 0 bridgehead atoms. The number of fused-ring (bicyclic) bond motifs is 3. The average Bonchev–Trinajstić information content (AvgIpc) is 3.04. The van der Waals surface area contributed by atoms with E-state index in [0.29, 0.717) is 22.3 Å². The summed E-state index contributed by atoms with van der Waals surface area (Å²) in [6, 6.07) is 14.3. The minimum absolute atomic E-state index is 0.121. The molecule has 4 aromatic rings. The zero-order valence-electron chi connectivity index (χ0n) is 14.7. The van der Waals surface area contributed by atoms with Gasteiger partial charge in [0.25, 0.3) is 5.56 Å². The Morgan fingerprint density at radius 3 is 2.71 bits per heavy atom. The summed E-state index contributed by atoms with van der Waals surface area (Å²) in [7, 11) is 0. The maximum absolute atomic E-state index is 12.8. The Hall–Kier alpha value is -3.94. The largest absolute Gasteiger partial charge is 0.481 e. The molecule has 0 aliphatic carbocycles. The predicted octanol–water partition coefficient (Wildman–Crippen LogP) is 2.67. The van der Waals surface area contributed by atoms with E-state index in [9.17, 15) is 14.4 Å². The van der Waals surface area contributed by atoms with Crippen molar-refractivity contribution in [1.82, 2.24) is 14.8 Å². The van der Waals surface area contributed by atoms with Crippen LogP contribution in [-0.4, -0.2) is 31.7 Å². The molecule has 4 rings (SSSR count).